The van der Waals surface area contributed by atoms with Crippen LogP contribution in [0.4, 0.5) is 0 Å². The number of amides is 1. The van der Waals surface area contributed by atoms with Gasteiger partial charge in [-0.15, -0.1) is 0 Å². The van der Waals surface area contributed by atoms with Crippen LogP contribution in [0.15, 0.2) is 0 Å². The largest absolute Gasteiger partial charge is 0.481 e. The number of hydrogen-bond donors (Lipinski definition) is 1. The minimum atomic E-state index is -0.673. The zero-order valence-corrected chi connectivity index (χ0v) is 10.3. The molecule has 5 heteroatoms. The molecule has 0 aromatic heterocycles. The second kappa shape index (κ2) is 5.04. The highest BCUT2D eigenvalue weighted by Gasteiger charge is 2.33. The standard InChI is InChI=1S/C12H20N2O3/c1-9(15)13-6-3-11(4-7-13)14-5-2-10(8-14)12(16)17/h10-11H,2-8H2,1H3,(H,16,17)/t10-/m0/s1. The lowest BCUT2D eigenvalue weighted by Crippen LogP contribution is -2.45. The zero-order valence-electron chi connectivity index (χ0n) is 10.3. The second-order valence-electron chi connectivity index (χ2n) is 5.06. The van der Waals surface area contributed by atoms with E-state index in [0.29, 0.717) is 12.6 Å². The van der Waals surface area contributed by atoms with Crippen LogP contribution in [0.2, 0.25) is 0 Å². The van der Waals surface area contributed by atoms with Crippen LogP contribution in [-0.2, 0) is 9.59 Å². The molecule has 1 N–H and O–H groups in total. The van der Waals surface area contributed by atoms with Gasteiger partial charge in [-0.2, -0.15) is 0 Å². The van der Waals surface area contributed by atoms with Gasteiger partial charge in [-0.3, -0.25) is 14.5 Å². The molecule has 0 aliphatic carbocycles. The van der Waals surface area contributed by atoms with Crippen molar-refractivity contribution in [2.24, 2.45) is 5.92 Å². The van der Waals surface area contributed by atoms with E-state index in [9.17, 15) is 9.59 Å². The average Bonchev–Trinajstić information content (AvgIpc) is 2.78. The molecule has 96 valence electrons. The Labute approximate surface area is 101 Å². The predicted molar refractivity (Wildman–Crippen MR) is 62.6 cm³/mol. The number of carbonyl (C=O) groups excluding carboxylic acids is 1. The molecule has 1 atom stereocenters. The summed E-state index contributed by atoms with van der Waals surface area (Å²) in [6.45, 7) is 4.81. The summed E-state index contributed by atoms with van der Waals surface area (Å²) in [5.41, 5.74) is 0. The number of rotatable bonds is 2. The first-order valence-corrected chi connectivity index (χ1v) is 6.30. The van der Waals surface area contributed by atoms with Gasteiger partial charge in [0.15, 0.2) is 0 Å². The van der Waals surface area contributed by atoms with Gasteiger partial charge in [0.25, 0.3) is 0 Å². The van der Waals surface area contributed by atoms with E-state index in [-0.39, 0.29) is 11.8 Å². The Morgan fingerprint density at radius 1 is 1.12 bits per heavy atom. The van der Waals surface area contributed by atoms with Crippen LogP contribution in [0.3, 0.4) is 0 Å². The molecule has 1 amide bonds. The molecule has 2 aliphatic heterocycles. The van der Waals surface area contributed by atoms with Crippen molar-refractivity contribution in [3.05, 3.63) is 0 Å². The predicted octanol–water partition coefficient (Wildman–Crippen LogP) is 0.404. The Balaban J connectivity index is 1.82. The van der Waals surface area contributed by atoms with Gasteiger partial charge in [-0.05, 0) is 25.8 Å². The molecule has 2 saturated heterocycles. The van der Waals surface area contributed by atoms with Crippen LogP contribution >= 0.6 is 0 Å². The van der Waals surface area contributed by atoms with Crippen LogP contribution < -0.4 is 0 Å². The van der Waals surface area contributed by atoms with Gasteiger partial charge < -0.3 is 10.0 Å². The number of carboxylic acid groups (broad SMARTS) is 1. The van der Waals surface area contributed by atoms with Gasteiger partial charge in [0.1, 0.15) is 0 Å². The third-order valence-corrected chi connectivity index (χ3v) is 4.00. The van der Waals surface area contributed by atoms with Gasteiger partial charge in [-0.1, -0.05) is 0 Å². The van der Waals surface area contributed by atoms with Crippen molar-refractivity contribution in [3.8, 4) is 0 Å². The van der Waals surface area contributed by atoms with Gasteiger partial charge in [0.2, 0.25) is 5.91 Å². The lowest BCUT2D eigenvalue weighted by molar-refractivity contribution is -0.141. The van der Waals surface area contributed by atoms with Crippen molar-refractivity contribution in [3.63, 3.8) is 0 Å². The third-order valence-electron chi connectivity index (χ3n) is 4.00. The Morgan fingerprint density at radius 3 is 2.24 bits per heavy atom. The summed E-state index contributed by atoms with van der Waals surface area (Å²) in [4.78, 5) is 26.3. The fraction of sp³-hybridized carbons (Fsp3) is 0.833. The van der Waals surface area contributed by atoms with E-state index >= 15 is 0 Å². The SMILES string of the molecule is CC(=O)N1CCC(N2CC[C@H](C(=O)O)C2)CC1. The van der Waals surface area contributed by atoms with Gasteiger partial charge in [0, 0.05) is 32.6 Å². The Bertz CT molecular complexity index is 311. The Hall–Kier alpha value is -1.10. The van der Waals surface area contributed by atoms with Crippen molar-refractivity contribution >= 4 is 11.9 Å². The molecule has 0 saturated carbocycles. The Kier molecular flexibility index (Phi) is 3.66. The van der Waals surface area contributed by atoms with Crippen molar-refractivity contribution in [2.45, 2.75) is 32.2 Å². The van der Waals surface area contributed by atoms with E-state index in [2.05, 4.69) is 4.90 Å². The fourth-order valence-electron chi connectivity index (χ4n) is 2.87. The fourth-order valence-corrected chi connectivity index (χ4v) is 2.87. The zero-order chi connectivity index (χ0) is 12.4. The molecule has 2 aliphatic rings. The van der Waals surface area contributed by atoms with E-state index < -0.39 is 5.97 Å². The summed E-state index contributed by atoms with van der Waals surface area (Å²) in [6, 6.07) is 0.468. The molecule has 5 nitrogen and oxygen atoms in total. The van der Waals surface area contributed by atoms with E-state index in [1.165, 1.54) is 0 Å². The maximum absolute atomic E-state index is 11.2. The maximum Gasteiger partial charge on any atom is 0.307 e. The molecular weight excluding hydrogens is 220 g/mol. The molecule has 0 unspecified atom stereocenters. The highest BCUT2D eigenvalue weighted by molar-refractivity contribution is 5.73. The molecule has 17 heavy (non-hydrogen) atoms. The molecule has 2 heterocycles. The van der Waals surface area contributed by atoms with Crippen molar-refractivity contribution in [1.29, 1.82) is 0 Å². The molecule has 0 aromatic carbocycles. The number of likely N-dealkylation sites (tertiary alicyclic amines) is 2. The van der Waals surface area contributed by atoms with Crippen LogP contribution in [0.5, 0.6) is 0 Å². The van der Waals surface area contributed by atoms with Crippen LogP contribution in [0.25, 0.3) is 0 Å². The van der Waals surface area contributed by atoms with E-state index in [1.807, 2.05) is 4.90 Å². The first-order chi connectivity index (χ1) is 8.08. The topological polar surface area (TPSA) is 60.9 Å². The maximum atomic E-state index is 11.2. The summed E-state index contributed by atoms with van der Waals surface area (Å²) in [5, 5.41) is 8.96. The molecule has 0 spiro atoms. The van der Waals surface area contributed by atoms with Crippen molar-refractivity contribution < 1.29 is 14.7 Å². The van der Waals surface area contributed by atoms with Crippen LogP contribution in [-0.4, -0.2) is 59.0 Å². The summed E-state index contributed by atoms with van der Waals surface area (Å²) >= 11 is 0. The van der Waals surface area contributed by atoms with E-state index in [4.69, 9.17) is 5.11 Å². The molecule has 2 rings (SSSR count). The normalized spacial score (nSPS) is 27.4. The number of carboxylic acids is 1. The van der Waals surface area contributed by atoms with Crippen molar-refractivity contribution in [1.82, 2.24) is 9.80 Å². The summed E-state index contributed by atoms with van der Waals surface area (Å²) in [6.07, 6.45) is 2.72. The molecular formula is C12H20N2O3. The van der Waals surface area contributed by atoms with Crippen LogP contribution in [0, 0.1) is 5.92 Å². The minimum absolute atomic E-state index is 0.147. The van der Waals surface area contributed by atoms with Gasteiger partial charge in [-0.25, -0.2) is 0 Å². The van der Waals surface area contributed by atoms with Gasteiger partial charge in [0.05, 0.1) is 5.92 Å². The lowest BCUT2D eigenvalue weighted by atomic mass is 10.0. The summed E-state index contributed by atoms with van der Waals surface area (Å²) in [5.74, 6) is -0.720. The minimum Gasteiger partial charge on any atom is -0.481 e. The number of piperidine rings is 1. The molecule has 2 fully saturated rings. The quantitative estimate of drug-likeness (QED) is 0.759. The highest BCUT2D eigenvalue weighted by Crippen LogP contribution is 2.24. The Morgan fingerprint density at radius 2 is 1.76 bits per heavy atom. The summed E-state index contributed by atoms with van der Waals surface area (Å²) < 4.78 is 0. The average molecular weight is 240 g/mol. The number of carbonyl (C=O) groups is 2. The van der Waals surface area contributed by atoms with Gasteiger partial charge >= 0.3 is 5.97 Å². The van der Waals surface area contributed by atoms with Crippen LogP contribution in [0.1, 0.15) is 26.2 Å². The first-order valence-electron chi connectivity index (χ1n) is 6.30. The highest BCUT2D eigenvalue weighted by atomic mass is 16.4. The van der Waals surface area contributed by atoms with E-state index in [1.54, 1.807) is 6.92 Å². The second-order valence-corrected chi connectivity index (χ2v) is 5.06. The molecule has 0 radical (unpaired) electrons. The third kappa shape index (κ3) is 2.77. The lowest BCUT2D eigenvalue weighted by Gasteiger charge is -2.36. The first kappa shape index (κ1) is 12.4. The summed E-state index contributed by atoms with van der Waals surface area (Å²) in [7, 11) is 0. The molecule has 0 bridgehead atoms. The van der Waals surface area contributed by atoms with Crippen molar-refractivity contribution in [2.75, 3.05) is 26.2 Å². The molecule has 0 aromatic rings. The number of hydrogen-bond acceptors (Lipinski definition) is 3. The number of nitrogens with zero attached hydrogens (tertiary/aromatic N) is 2. The monoisotopic (exact) mass is 240 g/mol. The number of aliphatic carboxylic acids is 1. The van der Waals surface area contributed by atoms with E-state index in [0.717, 1.165) is 38.9 Å². The smallest absolute Gasteiger partial charge is 0.307 e.